The number of piperazine rings is 1. The number of hydrogen-bond donors (Lipinski definition) is 0. The van der Waals surface area contributed by atoms with Gasteiger partial charge in [-0.1, -0.05) is 0 Å². The number of likely N-dealkylation sites (N-methyl/N-ethyl adjacent to an activating group) is 1. The summed E-state index contributed by atoms with van der Waals surface area (Å²) in [6.45, 7) is 6.30. The third-order valence-electron chi connectivity index (χ3n) is 2.75. The molecule has 2 aliphatic heterocycles. The van der Waals surface area contributed by atoms with Crippen LogP contribution in [0.2, 0.25) is 0 Å². The van der Waals surface area contributed by atoms with E-state index in [4.69, 9.17) is 0 Å². The Balaban J connectivity index is 1.68. The molecule has 0 bridgehead atoms. The minimum absolute atomic E-state index is 0.540. The van der Waals surface area contributed by atoms with E-state index in [1.54, 1.807) is 0 Å². The van der Waals surface area contributed by atoms with Crippen LogP contribution in [0.3, 0.4) is 0 Å². The lowest BCUT2D eigenvalue weighted by atomic mass is 10.3. The summed E-state index contributed by atoms with van der Waals surface area (Å²) < 4.78 is 0. The van der Waals surface area contributed by atoms with Crippen LogP contribution in [0.4, 0.5) is 0 Å². The van der Waals surface area contributed by atoms with E-state index in [-0.39, 0.29) is 0 Å². The highest BCUT2D eigenvalue weighted by Crippen LogP contribution is 2.04. The number of azo groups is 1. The normalized spacial score (nSPS) is 24.2. The van der Waals surface area contributed by atoms with Crippen LogP contribution in [-0.2, 0) is 0 Å². The first kappa shape index (κ1) is 9.73. The fourth-order valence-electron chi connectivity index (χ4n) is 1.72. The summed E-state index contributed by atoms with van der Waals surface area (Å²) in [5, 5.41) is 7.81. The molecule has 0 radical (unpaired) electrons. The van der Waals surface area contributed by atoms with E-state index in [9.17, 15) is 0 Å². The Morgan fingerprint density at radius 1 is 1.21 bits per heavy atom. The van der Waals surface area contributed by atoms with Crippen molar-refractivity contribution in [2.75, 3.05) is 46.4 Å². The third-order valence-corrected chi connectivity index (χ3v) is 2.75. The number of hydrogen-bond acceptors (Lipinski definition) is 5. The van der Waals surface area contributed by atoms with Crippen molar-refractivity contribution in [3.8, 4) is 0 Å². The van der Waals surface area contributed by atoms with Crippen molar-refractivity contribution >= 4 is 5.84 Å². The molecule has 0 unspecified atom stereocenters. The summed E-state index contributed by atoms with van der Waals surface area (Å²) in [6.07, 6.45) is 0.952. The highest BCUT2D eigenvalue weighted by atomic mass is 15.3. The molecule has 78 valence electrons. The molecule has 5 heteroatoms. The highest BCUT2D eigenvalue weighted by Gasteiger charge is 2.14. The lowest BCUT2D eigenvalue weighted by Gasteiger charge is -2.32. The predicted molar refractivity (Wildman–Crippen MR) is 55.7 cm³/mol. The number of nitrogens with zero attached hydrogens (tertiary/aromatic N) is 5. The van der Waals surface area contributed by atoms with E-state index < -0.39 is 0 Å². The first-order chi connectivity index (χ1) is 6.84. The van der Waals surface area contributed by atoms with Gasteiger partial charge in [0.1, 0.15) is 5.84 Å². The first-order valence-electron chi connectivity index (χ1n) is 5.16. The average Bonchev–Trinajstić information content (AvgIpc) is 2.70. The third kappa shape index (κ3) is 2.59. The van der Waals surface area contributed by atoms with Gasteiger partial charge in [-0.15, -0.1) is 5.11 Å². The van der Waals surface area contributed by atoms with Gasteiger partial charge >= 0.3 is 0 Å². The molecule has 2 heterocycles. The highest BCUT2D eigenvalue weighted by molar-refractivity contribution is 5.83. The largest absolute Gasteiger partial charge is 0.304 e. The van der Waals surface area contributed by atoms with E-state index in [0.29, 0.717) is 6.67 Å². The van der Waals surface area contributed by atoms with Crippen LogP contribution in [0.15, 0.2) is 15.2 Å². The Hall–Kier alpha value is -0.810. The van der Waals surface area contributed by atoms with E-state index in [0.717, 1.165) is 18.8 Å². The van der Waals surface area contributed by atoms with E-state index in [1.807, 2.05) is 0 Å². The zero-order chi connectivity index (χ0) is 9.80. The molecule has 0 spiro atoms. The van der Waals surface area contributed by atoms with Crippen LogP contribution in [-0.4, -0.2) is 62.1 Å². The summed E-state index contributed by atoms with van der Waals surface area (Å²) in [4.78, 5) is 9.01. The maximum atomic E-state index is 4.18. The molecule has 0 aliphatic carbocycles. The van der Waals surface area contributed by atoms with Crippen molar-refractivity contribution in [3.63, 3.8) is 0 Å². The predicted octanol–water partition coefficient (Wildman–Crippen LogP) is 0.446. The van der Waals surface area contributed by atoms with Gasteiger partial charge in [-0.3, -0.25) is 0 Å². The Morgan fingerprint density at radius 2 is 2.00 bits per heavy atom. The first-order valence-corrected chi connectivity index (χ1v) is 5.16. The molecule has 5 nitrogen and oxygen atoms in total. The van der Waals surface area contributed by atoms with Gasteiger partial charge in [0.2, 0.25) is 0 Å². The molecule has 0 saturated carbocycles. The smallest absolute Gasteiger partial charge is 0.152 e. The topological polar surface area (TPSA) is 43.6 Å². The molecule has 14 heavy (non-hydrogen) atoms. The SMILES string of the molecule is CN1CCN(CCC2=NCN=N2)CC1. The second-order valence-electron chi connectivity index (χ2n) is 3.85. The number of aliphatic imine (C=N–C) groups is 1. The summed E-state index contributed by atoms with van der Waals surface area (Å²) in [5.74, 6) is 0.920. The molecule has 0 aromatic carbocycles. The molecule has 1 fully saturated rings. The van der Waals surface area contributed by atoms with Gasteiger partial charge in [-0.05, 0) is 7.05 Å². The lowest BCUT2D eigenvalue weighted by molar-refractivity contribution is 0.157. The molecular weight excluding hydrogens is 178 g/mol. The van der Waals surface area contributed by atoms with E-state index in [2.05, 4.69) is 32.1 Å². The Bertz CT molecular complexity index is 240. The van der Waals surface area contributed by atoms with E-state index in [1.165, 1.54) is 26.2 Å². The summed E-state index contributed by atoms with van der Waals surface area (Å²) in [5.41, 5.74) is 0. The van der Waals surface area contributed by atoms with Crippen LogP contribution in [0, 0.1) is 0 Å². The van der Waals surface area contributed by atoms with Crippen molar-refractivity contribution in [2.45, 2.75) is 6.42 Å². The van der Waals surface area contributed by atoms with Gasteiger partial charge in [0, 0.05) is 39.1 Å². The van der Waals surface area contributed by atoms with Crippen molar-refractivity contribution in [2.24, 2.45) is 15.2 Å². The van der Waals surface area contributed by atoms with Crippen molar-refractivity contribution in [1.82, 2.24) is 9.80 Å². The molecule has 2 aliphatic rings. The molecule has 0 aromatic heterocycles. The Kier molecular flexibility index (Phi) is 3.21. The molecule has 0 aromatic rings. The minimum Gasteiger partial charge on any atom is -0.304 e. The van der Waals surface area contributed by atoms with Gasteiger partial charge in [0.25, 0.3) is 0 Å². The van der Waals surface area contributed by atoms with Gasteiger partial charge in [0.15, 0.2) is 6.67 Å². The Morgan fingerprint density at radius 3 is 2.64 bits per heavy atom. The van der Waals surface area contributed by atoms with Gasteiger partial charge in [-0.25, -0.2) is 4.99 Å². The van der Waals surface area contributed by atoms with Gasteiger partial charge in [0.05, 0.1) is 0 Å². The number of amidine groups is 1. The van der Waals surface area contributed by atoms with Crippen LogP contribution >= 0.6 is 0 Å². The molecule has 2 rings (SSSR count). The van der Waals surface area contributed by atoms with Crippen LogP contribution in [0.5, 0.6) is 0 Å². The molecule has 0 amide bonds. The maximum absolute atomic E-state index is 4.18. The minimum atomic E-state index is 0.540. The number of rotatable bonds is 3. The van der Waals surface area contributed by atoms with Crippen LogP contribution < -0.4 is 0 Å². The standard InChI is InChI=1S/C9H17N5/c1-13-4-6-14(7-5-13)3-2-9-10-8-11-12-9/h2-8H2,1H3. The summed E-state index contributed by atoms with van der Waals surface area (Å²) in [7, 11) is 2.17. The summed E-state index contributed by atoms with van der Waals surface area (Å²) in [6, 6.07) is 0. The van der Waals surface area contributed by atoms with E-state index >= 15 is 0 Å². The van der Waals surface area contributed by atoms with Crippen molar-refractivity contribution in [1.29, 1.82) is 0 Å². The fourth-order valence-corrected chi connectivity index (χ4v) is 1.72. The zero-order valence-electron chi connectivity index (χ0n) is 8.69. The zero-order valence-corrected chi connectivity index (χ0v) is 8.69. The quantitative estimate of drug-likeness (QED) is 0.656. The average molecular weight is 195 g/mol. The second kappa shape index (κ2) is 4.61. The summed E-state index contributed by atoms with van der Waals surface area (Å²) >= 11 is 0. The second-order valence-corrected chi connectivity index (χ2v) is 3.85. The molecule has 0 N–H and O–H groups in total. The van der Waals surface area contributed by atoms with Crippen LogP contribution in [0.25, 0.3) is 0 Å². The lowest BCUT2D eigenvalue weighted by Crippen LogP contribution is -2.44. The van der Waals surface area contributed by atoms with Gasteiger partial charge in [-0.2, -0.15) is 5.11 Å². The fraction of sp³-hybridized carbons (Fsp3) is 0.889. The van der Waals surface area contributed by atoms with Crippen molar-refractivity contribution < 1.29 is 0 Å². The monoisotopic (exact) mass is 195 g/mol. The molecule has 1 saturated heterocycles. The van der Waals surface area contributed by atoms with Gasteiger partial charge < -0.3 is 9.80 Å². The van der Waals surface area contributed by atoms with Crippen LogP contribution in [0.1, 0.15) is 6.42 Å². The maximum Gasteiger partial charge on any atom is 0.152 e. The molecular formula is C9H17N5. The Labute approximate surface area is 84.5 Å². The molecule has 0 atom stereocenters. The van der Waals surface area contributed by atoms with Crippen molar-refractivity contribution in [3.05, 3.63) is 0 Å².